The Morgan fingerprint density at radius 3 is 2.43 bits per heavy atom. The van der Waals surface area contributed by atoms with Crippen molar-refractivity contribution in [3.63, 3.8) is 0 Å². The van der Waals surface area contributed by atoms with E-state index in [2.05, 4.69) is 0 Å². The van der Waals surface area contributed by atoms with Gasteiger partial charge in [-0.1, -0.05) is 42.5 Å². The van der Waals surface area contributed by atoms with Gasteiger partial charge in [-0.15, -0.1) is 0 Å². The van der Waals surface area contributed by atoms with Gasteiger partial charge in [0.15, 0.2) is 0 Å². The molecule has 1 fully saturated rings. The topological polar surface area (TPSA) is 87.1 Å². The summed E-state index contributed by atoms with van der Waals surface area (Å²) in [7, 11) is 1.62. The second-order valence-electron chi connectivity index (χ2n) is 7.95. The molecule has 2 N–H and O–H groups in total. The summed E-state index contributed by atoms with van der Waals surface area (Å²) in [5.41, 5.74) is 0.583. The van der Waals surface area contributed by atoms with E-state index in [0.29, 0.717) is 19.4 Å². The molecule has 1 saturated heterocycles. The van der Waals surface area contributed by atoms with E-state index in [9.17, 15) is 19.8 Å². The lowest BCUT2D eigenvalue weighted by Crippen LogP contribution is -2.58. The van der Waals surface area contributed by atoms with Gasteiger partial charge in [0.2, 0.25) is 5.91 Å². The summed E-state index contributed by atoms with van der Waals surface area (Å²) in [4.78, 5) is 26.6. The van der Waals surface area contributed by atoms with E-state index in [4.69, 9.17) is 4.74 Å². The molecule has 1 heterocycles. The minimum absolute atomic E-state index is 0.0275. The van der Waals surface area contributed by atoms with Gasteiger partial charge in [-0.3, -0.25) is 9.59 Å². The third-order valence-corrected chi connectivity index (χ3v) is 5.94. The molecule has 1 amide bonds. The van der Waals surface area contributed by atoms with Gasteiger partial charge in [0.1, 0.15) is 11.2 Å². The highest BCUT2D eigenvalue weighted by Gasteiger charge is 2.50. The fourth-order valence-electron chi connectivity index (χ4n) is 4.11. The molecule has 0 bridgehead atoms. The molecule has 160 valence electrons. The van der Waals surface area contributed by atoms with E-state index < -0.39 is 17.5 Å². The first-order valence-electron chi connectivity index (χ1n) is 10.3. The van der Waals surface area contributed by atoms with Gasteiger partial charge in [0.05, 0.1) is 13.2 Å². The Morgan fingerprint density at radius 1 is 1.10 bits per heavy atom. The van der Waals surface area contributed by atoms with Crippen molar-refractivity contribution in [1.29, 1.82) is 0 Å². The van der Waals surface area contributed by atoms with E-state index >= 15 is 0 Å². The van der Waals surface area contributed by atoms with Gasteiger partial charge in [-0.2, -0.15) is 0 Å². The number of carboxylic acids is 1. The minimum atomic E-state index is -1.38. The van der Waals surface area contributed by atoms with Crippen molar-refractivity contribution in [1.82, 2.24) is 4.90 Å². The largest absolute Gasteiger partial charge is 0.497 e. The highest BCUT2D eigenvalue weighted by molar-refractivity contribution is 5.80. The van der Waals surface area contributed by atoms with E-state index in [0.717, 1.165) is 23.3 Å². The molecule has 0 aromatic heterocycles. The van der Waals surface area contributed by atoms with Crippen molar-refractivity contribution in [2.24, 2.45) is 5.41 Å². The van der Waals surface area contributed by atoms with Crippen LogP contribution in [-0.4, -0.2) is 53.3 Å². The van der Waals surface area contributed by atoms with Crippen LogP contribution in [0.5, 0.6) is 5.75 Å². The van der Waals surface area contributed by atoms with Gasteiger partial charge in [-0.25, -0.2) is 0 Å². The molecule has 1 aliphatic heterocycles. The van der Waals surface area contributed by atoms with Crippen molar-refractivity contribution in [2.45, 2.75) is 38.2 Å². The molecule has 3 rings (SSSR count). The summed E-state index contributed by atoms with van der Waals surface area (Å²) in [5, 5.41) is 20.6. The summed E-state index contributed by atoms with van der Waals surface area (Å²) in [6, 6.07) is 17.0. The monoisotopic (exact) mass is 411 g/mol. The first kappa shape index (κ1) is 21.8. The molecule has 2 aromatic carbocycles. The number of carbonyl (C=O) groups excluding carboxylic acids is 1. The number of nitrogens with zero attached hydrogens (tertiary/aromatic N) is 1. The average Bonchev–Trinajstić information content (AvgIpc) is 2.76. The van der Waals surface area contributed by atoms with Crippen LogP contribution in [0.1, 0.15) is 30.4 Å². The van der Waals surface area contributed by atoms with E-state index in [-0.39, 0.29) is 25.3 Å². The molecule has 6 nitrogen and oxygen atoms in total. The Bertz CT molecular complexity index is 852. The predicted octanol–water partition coefficient (Wildman–Crippen LogP) is 2.92. The van der Waals surface area contributed by atoms with Crippen LogP contribution in [0.2, 0.25) is 0 Å². The number of aliphatic carboxylic acids is 1. The first-order chi connectivity index (χ1) is 14.4. The van der Waals surface area contributed by atoms with Crippen LogP contribution in [-0.2, 0) is 22.4 Å². The standard InChI is InChI=1S/C24H29NO5/c1-30-20-12-10-18(11-13-20)8-5-9-22(27)25-15-14-21(26)24(17-25,23(28)29)16-19-6-3-2-4-7-19/h2-4,6-7,10-13,21,26H,5,8-9,14-17H2,1H3,(H,28,29)/t21-,24-/m1/s1. The molecule has 0 unspecified atom stereocenters. The lowest BCUT2D eigenvalue weighted by Gasteiger charge is -2.43. The summed E-state index contributed by atoms with van der Waals surface area (Å²) >= 11 is 0. The number of ether oxygens (including phenoxy) is 1. The first-order valence-corrected chi connectivity index (χ1v) is 10.3. The summed E-state index contributed by atoms with van der Waals surface area (Å²) in [5.74, 6) is -0.325. The molecule has 2 aromatic rings. The van der Waals surface area contributed by atoms with Crippen molar-refractivity contribution < 1.29 is 24.5 Å². The average molecular weight is 411 g/mol. The van der Waals surface area contributed by atoms with Gasteiger partial charge in [0, 0.05) is 19.5 Å². The van der Waals surface area contributed by atoms with Gasteiger partial charge in [0.25, 0.3) is 0 Å². The van der Waals surface area contributed by atoms with Gasteiger partial charge in [-0.05, 0) is 48.9 Å². The summed E-state index contributed by atoms with van der Waals surface area (Å²) in [6.07, 6.45) is 1.27. The molecular weight excluding hydrogens is 382 g/mol. The number of aliphatic hydroxyl groups excluding tert-OH is 1. The van der Waals surface area contributed by atoms with Crippen molar-refractivity contribution >= 4 is 11.9 Å². The van der Waals surface area contributed by atoms with Crippen LogP contribution >= 0.6 is 0 Å². The lowest BCUT2D eigenvalue weighted by molar-refractivity contribution is -0.165. The second-order valence-corrected chi connectivity index (χ2v) is 7.95. The number of amides is 1. The molecular formula is C24H29NO5. The Balaban J connectivity index is 1.62. The molecule has 0 spiro atoms. The Labute approximate surface area is 177 Å². The maximum absolute atomic E-state index is 12.8. The Kier molecular flexibility index (Phi) is 7.11. The normalized spacial score (nSPS) is 21.3. The second kappa shape index (κ2) is 9.76. The fraction of sp³-hybridized carbons (Fsp3) is 0.417. The van der Waals surface area contributed by atoms with Crippen molar-refractivity contribution in [2.75, 3.05) is 20.2 Å². The number of benzene rings is 2. The number of hydrogen-bond acceptors (Lipinski definition) is 4. The number of carbonyl (C=O) groups is 2. The summed E-state index contributed by atoms with van der Waals surface area (Å²) in [6.45, 7) is 0.409. The summed E-state index contributed by atoms with van der Waals surface area (Å²) < 4.78 is 5.15. The fourth-order valence-corrected chi connectivity index (χ4v) is 4.11. The SMILES string of the molecule is COc1ccc(CCCC(=O)N2CC[C@@H](O)[C@](Cc3ccccc3)(C(=O)O)C2)cc1. The molecule has 2 atom stereocenters. The maximum Gasteiger partial charge on any atom is 0.314 e. The third-order valence-electron chi connectivity index (χ3n) is 5.94. The number of aryl methyl sites for hydroxylation is 1. The number of methoxy groups -OCH3 is 1. The predicted molar refractivity (Wildman–Crippen MR) is 113 cm³/mol. The lowest BCUT2D eigenvalue weighted by atomic mass is 9.72. The van der Waals surface area contributed by atoms with Crippen LogP contribution in [0, 0.1) is 5.41 Å². The number of likely N-dealkylation sites (tertiary alicyclic amines) is 1. The van der Waals surface area contributed by atoms with Crippen LogP contribution in [0.15, 0.2) is 54.6 Å². The maximum atomic E-state index is 12.8. The highest BCUT2D eigenvalue weighted by atomic mass is 16.5. The van der Waals surface area contributed by atoms with Gasteiger partial charge >= 0.3 is 5.97 Å². The Morgan fingerprint density at radius 2 is 1.80 bits per heavy atom. The van der Waals surface area contributed by atoms with Gasteiger partial charge < -0.3 is 19.8 Å². The number of hydrogen-bond donors (Lipinski definition) is 2. The van der Waals surface area contributed by atoms with Crippen LogP contribution in [0.3, 0.4) is 0 Å². The van der Waals surface area contributed by atoms with Crippen LogP contribution < -0.4 is 4.74 Å². The Hall–Kier alpha value is -2.86. The van der Waals surface area contributed by atoms with E-state index in [1.807, 2.05) is 54.6 Å². The molecule has 0 saturated carbocycles. The molecule has 0 aliphatic carbocycles. The third kappa shape index (κ3) is 5.00. The number of rotatable bonds is 8. The molecule has 1 aliphatic rings. The molecule has 6 heteroatoms. The van der Waals surface area contributed by atoms with Crippen LogP contribution in [0.25, 0.3) is 0 Å². The number of piperidine rings is 1. The highest BCUT2D eigenvalue weighted by Crippen LogP contribution is 2.35. The van der Waals surface area contributed by atoms with Crippen LogP contribution in [0.4, 0.5) is 0 Å². The zero-order valence-electron chi connectivity index (χ0n) is 17.3. The zero-order valence-corrected chi connectivity index (χ0v) is 17.3. The quantitative estimate of drug-likeness (QED) is 0.697. The minimum Gasteiger partial charge on any atom is -0.497 e. The van der Waals surface area contributed by atoms with E-state index in [1.165, 1.54) is 0 Å². The van der Waals surface area contributed by atoms with Crippen molar-refractivity contribution in [3.05, 3.63) is 65.7 Å². The zero-order chi connectivity index (χ0) is 21.6. The van der Waals surface area contributed by atoms with E-state index in [1.54, 1.807) is 12.0 Å². The molecule has 0 radical (unpaired) electrons. The number of aliphatic hydroxyl groups is 1. The smallest absolute Gasteiger partial charge is 0.314 e. The molecule has 30 heavy (non-hydrogen) atoms. The number of carboxylic acid groups (broad SMARTS) is 1. The van der Waals surface area contributed by atoms with Crippen molar-refractivity contribution in [3.8, 4) is 5.75 Å².